The van der Waals surface area contributed by atoms with Crippen LogP contribution in [0.5, 0.6) is 0 Å². The minimum absolute atomic E-state index is 0.162. The third-order valence-corrected chi connectivity index (χ3v) is 3.21. The molecule has 0 bridgehead atoms. The van der Waals surface area contributed by atoms with E-state index in [9.17, 15) is 13.8 Å². The van der Waals surface area contributed by atoms with Crippen LogP contribution in [-0.4, -0.2) is 32.1 Å². The number of rotatable bonds is 3. The first kappa shape index (κ1) is 12.5. The van der Waals surface area contributed by atoms with E-state index in [1.165, 1.54) is 6.92 Å². The SMILES string of the molecule is CC(=O)ON1C(=O)C(=S=O)C1Cc1ccccc1. The molecular weight excluding hydrogens is 254 g/mol. The lowest BCUT2D eigenvalue weighted by molar-refractivity contribution is -0.203. The number of hydrogen-bond acceptors (Lipinski definition) is 4. The minimum Gasteiger partial charge on any atom is -0.338 e. The molecule has 1 heterocycles. The molecule has 1 aromatic rings. The van der Waals surface area contributed by atoms with Crippen LogP contribution >= 0.6 is 0 Å². The average molecular weight is 265 g/mol. The molecule has 0 aromatic heterocycles. The summed E-state index contributed by atoms with van der Waals surface area (Å²) in [5.41, 5.74) is 0.971. The van der Waals surface area contributed by atoms with Gasteiger partial charge < -0.3 is 4.84 Å². The summed E-state index contributed by atoms with van der Waals surface area (Å²) in [5.74, 6) is -1.09. The van der Waals surface area contributed by atoms with Crippen molar-refractivity contribution in [2.75, 3.05) is 0 Å². The molecule has 94 valence electrons. The maximum Gasteiger partial charge on any atom is 0.329 e. The highest BCUT2D eigenvalue weighted by Gasteiger charge is 2.46. The molecule has 1 atom stereocenters. The van der Waals surface area contributed by atoms with E-state index in [0.717, 1.165) is 10.6 Å². The summed E-state index contributed by atoms with van der Waals surface area (Å²) in [4.78, 5) is 27.4. The van der Waals surface area contributed by atoms with Crippen LogP contribution in [0.2, 0.25) is 0 Å². The second kappa shape index (κ2) is 5.14. The van der Waals surface area contributed by atoms with Gasteiger partial charge in [0.2, 0.25) is 0 Å². The zero-order valence-corrected chi connectivity index (χ0v) is 10.5. The minimum atomic E-state index is -0.573. The summed E-state index contributed by atoms with van der Waals surface area (Å²) in [6.07, 6.45) is 0.463. The van der Waals surface area contributed by atoms with E-state index in [0.29, 0.717) is 6.42 Å². The van der Waals surface area contributed by atoms with Gasteiger partial charge in [0.1, 0.15) is 22.2 Å². The van der Waals surface area contributed by atoms with Gasteiger partial charge in [0.15, 0.2) is 0 Å². The molecular formula is C12H11NO4S. The number of hydrogen-bond donors (Lipinski definition) is 0. The van der Waals surface area contributed by atoms with Crippen molar-refractivity contribution in [2.45, 2.75) is 19.4 Å². The molecule has 1 unspecified atom stereocenters. The molecule has 0 saturated carbocycles. The molecule has 2 rings (SSSR count). The van der Waals surface area contributed by atoms with Gasteiger partial charge >= 0.3 is 5.97 Å². The maximum absolute atomic E-state index is 11.5. The summed E-state index contributed by atoms with van der Waals surface area (Å²) in [6, 6.07) is 8.94. The zero-order valence-electron chi connectivity index (χ0n) is 9.66. The van der Waals surface area contributed by atoms with Gasteiger partial charge in [0.05, 0.1) is 0 Å². The lowest BCUT2D eigenvalue weighted by Gasteiger charge is -2.37. The van der Waals surface area contributed by atoms with Gasteiger partial charge in [0.25, 0.3) is 5.91 Å². The predicted octanol–water partition coefficient (Wildman–Crippen LogP) is 0.303. The highest BCUT2D eigenvalue weighted by atomic mass is 32.1. The highest BCUT2D eigenvalue weighted by molar-refractivity contribution is 7.69. The van der Waals surface area contributed by atoms with Crippen LogP contribution in [0.4, 0.5) is 0 Å². The Labute approximate surface area is 107 Å². The maximum atomic E-state index is 11.5. The zero-order chi connectivity index (χ0) is 13.1. The monoisotopic (exact) mass is 265 g/mol. The third-order valence-electron chi connectivity index (χ3n) is 2.59. The van der Waals surface area contributed by atoms with Crippen LogP contribution < -0.4 is 0 Å². The largest absolute Gasteiger partial charge is 0.338 e. The summed E-state index contributed by atoms with van der Waals surface area (Å²) in [6.45, 7) is 1.22. The molecule has 1 fully saturated rings. The Morgan fingerprint density at radius 2 is 2.06 bits per heavy atom. The van der Waals surface area contributed by atoms with Crippen LogP contribution in [0, 0.1) is 0 Å². The summed E-state index contributed by atoms with van der Waals surface area (Å²) >= 11 is 0.162. The lowest BCUT2D eigenvalue weighted by atomic mass is 9.97. The van der Waals surface area contributed by atoms with E-state index in [1.807, 2.05) is 30.3 Å². The van der Waals surface area contributed by atoms with Crippen LogP contribution in [0.3, 0.4) is 0 Å². The van der Waals surface area contributed by atoms with Crippen molar-refractivity contribution in [3.05, 3.63) is 35.9 Å². The van der Waals surface area contributed by atoms with E-state index >= 15 is 0 Å². The van der Waals surface area contributed by atoms with E-state index in [-0.39, 0.29) is 16.1 Å². The topological polar surface area (TPSA) is 63.7 Å². The number of hydroxylamine groups is 2. The van der Waals surface area contributed by atoms with Crippen LogP contribution in [0.25, 0.3) is 0 Å². The lowest BCUT2D eigenvalue weighted by Crippen LogP contribution is -2.62. The Bertz CT molecular complexity index is 536. The first-order valence-electron chi connectivity index (χ1n) is 5.36. The Morgan fingerprint density at radius 1 is 1.39 bits per heavy atom. The van der Waals surface area contributed by atoms with Gasteiger partial charge in [-0.15, -0.1) is 0 Å². The number of benzene rings is 1. The van der Waals surface area contributed by atoms with Crippen molar-refractivity contribution < 1.29 is 18.6 Å². The molecule has 0 radical (unpaired) electrons. The highest BCUT2D eigenvalue weighted by Crippen LogP contribution is 2.20. The molecule has 1 aromatic carbocycles. The number of carbonyl (C=O) groups is 2. The van der Waals surface area contributed by atoms with Crippen molar-refractivity contribution in [1.29, 1.82) is 0 Å². The molecule has 1 saturated heterocycles. The smallest absolute Gasteiger partial charge is 0.329 e. The van der Waals surface area contributed by atoms with Gasteiger partial charge in [-0.2, -0.15) is 5.06 Å². The molecule has 18 heavy (non-hydrogen) atoms. The van der Waals surface area contributed by atoms with Crippen molar-refractivity contribution >= 4 is 28.0 Å². The molecule has 6 heteroatoms. The molecule has 1 aliphatic rings. The fourth-order valence-electron chi connectivity index (χ4n) is 1.78. The molecule has 5 nitrogen and oxygen atoms in total. The molecule has 0 spiro atoms. The van der Waals surface area contributed by atoms with Crippen molar-refractivity contribution in [1.82, 2.24) is 5.06 Å². The average Bonchev–Trinajstić information content (AvgIpc) is 2.37. The first-order chi connectivity index (χ1) is 8.63. The standard InChI is InChI=1S/C12H11NO4S/c1-8(14)17-13-10(11(18-16)12(13)15)7-9-5-3-2-4-6-9/h2-6,10H,7H2,1H3. The molecule has 1 amide bonds. The number of carbonyl (C=O) groups excluding carboxylic acids is 2. The van der Waals surface area contributed by atoms with Gasteiger partial charge in [-0.1, -0.05) is 30.3 Å². The first-order valence-corrected chi connectivity index (χ1v) is 6.10. The van der Waals surface area contributed by atoms with Gasteiger partial charge in [-0.05, 0) is 5.56 Å². The Kier molecular flexibility index (Phi) is 3.57. The predicted molar refractivity (Wildman–Crippen MR) is 65.7 cm³/mol. The van der Waals surface area contributed by atoms with Crippen LogP contribution in [0.1, 0.15) is 12.5 Å². The Balaban J connectivity index is 2.16. The quantitative estimate of drug-likeness (QED) is 0.582. The van der Waals surface area contributed by atoms with Crippen molar-refractivity contribution in [3.63, 3.8) is 0 Å². The fraction of sp³-hybridized carbons (Fsp3) is 0.250. The normalized spacial score (nSPS) is 18.3. The van der Waals surface area contributed by atoms with E-state index in [2.05, 4.69) is 0 Å². The number of nitrogens with zero attached hydrogens (tertiary/aromatic N) is 1. The van der Waals surface area contributed by atoms with Crippen molar-refractivity contribution in [2.24, 2.45) is 0 Å². The summed E-state index contributed by atoms with van der Waals surface area (Å²) in [7, 11) is 0. The van der Waals surface area contributed by atoms with Crippen molar-refractivity contribution in [3.8, 4) is 0 Å². The Hall–Kier alpha value is -1.95. The third kappa shape index (κ3) is 2.33. The van der Waals surface area contributed by atoms with E-state index in [4.69, 9.17) is 4.84 Å². The molecule has 0 aliphatic carbocycles. The van der Waals surface area contributed by atoms with E-state index < -0.39 is 17.9 Å². The fourth-order valence-corrected chi connectivity index (χ4v) is 2.23. The van der Waals surface area contributed by atoms with Gasteiger partial charge in [-0.3, -0.25) is 9.59 Å². The summed E-state index contributed by atoms with van der Waals surface area (Å²) in [5, 5.41) is 0.968. The number of amides is 1. The van der Waals surface area contributed by atoms with E-state index in [1.54, 1.807) is 0 Å². The Morgan fingerprint density at radius 3 is 2.61 bits per heavy atom. The second-order valence-corrected chi connectivity index (χ2v) is 4.47. The van der Waals surface area contributed by atoms with Gasteiger partial charge in [0, 0.05) is 13.3 Å². The van der Waals surface area contributed by atoms with Crippen LogP contribution in [-0.2, 0) is 32.1 Å². The van der Waals surface area contributed by atoms with Crippen LogP contribution in [0.15, 0.2) is 30.3 Å². The number of β-lactam (4-membered cyclic amide) rings is 1. The molecule has 1 aliphatic heterocycles. The summed E-state index contributed by atoms with van der Waals surface area (Å²) < 4.78 is 10.8. The second-order valence-electron chi connectivity index (χ2n) is 3.87. The molecule has 0 N–H and O–H groups in total. The van der Waals surface area contributed by atoms with Gasteiger partial charge in [-0.25, -0.2) is 4.21 Å².